The molecule has 4 aromatic carbocycles. The molecule has 0 N–H and O–H groups in total. The third-order valence-electron chi connectivity index (χ3n) is 6.51. The van der Waals surface area contributed by atoms with Crippen LogP contribution >= 0.6 is 0 Å². The van der Waals surface area contributed by atoms with Crippen molar-refractivity contribution in [1.82, 2.24) is 0 Å². The second-order valence-corrected chi connectivity index (χ2v) is 9.45. The Balaban J connectivity index is 1.30. The first-order valence-corrected chi connectivity index (χ1v) is 13.4. The van der Waals surface area contributed by atoms with E-state index in [-0.39, 0.29) is 12.2 Å². The van der Waals surface area contributed by atoms with Gasteiger partial charge >= 0.3 is 11.9 Å². The van der Waals surface area contributed by atoms with Gasteiger partial charge in [0.25, 0.3) is 0 Å². The van der Waals surface area contributed by atoms with Gasteiger partial charge in [-0.25, -0.2) is 4.79 Å². The lowest BCUT2D eigenvalue weighted by Crippen LogP contribution is -2.11. The molecule has 4 rings (SSSR count). The number of hydrogen-bond acceptors (Lipinski definition) is 5. The van der Waals surface area contributed by atoms with Crippen molar-refractivity contribution in [1.29, 1.82) is 0 Å². The summed E-state index contributed by atoms with van der Waals surface area (Å²) in [7, 11) is 0. The molecule has 0 aliphatic carbocycles. The number of benzene rings is 4. The quantitative estimate of drug-likeness (QED) is 0.0875. The molecule has 208 valence electrons. The van der Waals surface area contributed by atoms with E-state index >= 15 is 0 Å². The number of esters is 2. The summed E-state index contributed by atoms with van der Waals surface area (Å²) in [6.45, 7) is 6.38. The highest BCUT2D eigenvalue weighted by atomic mass is 16.7. The zero-order chi connectivity index (χ0) is 29.7. The summed E-state index contributed by atoms with van der Waals surface area (Å²) in [6.07, 6.45) is 3.42. The van der Waals surface area contributed by atoms with Gasteiger partial charge < -0.3 is 9.47 Å². The molecule has 0 saturated heterocycles. The Kier molecular flexibility index (Phi) is 10.4. The van der Waals surface area contributed by atoms with Crippen LogP contribution in [0, 0.1) is 11.8 Å². The maximum Gasteiger partial charge on any atom is 0.333 e. The largest absolute Gasteiger partial charge is 0.428 e. The third kappa shape index (κ3) is 8.77. The predicted octanol–water partition coefficient (Wildman–Crippen LogP) is 6.88. The van der Waals surface area contributed by atoms with Crippen molar-refractivity contribution in [3.63, 3.8) is 0 Å². The summed E-state index contributed by atoms with van der Waals surface area (Å²) in [5, 5.41) is 0. The van der Waals surface area contributed by atoms with Crippen molar-refractivity contribution in [3.05, 3.63) is 145 Å². The monoisotopic (exact) mass is 554 g/mol. The number of hydrogen-bond donors (Lipinski definition) is 0. The van der Waals surface area contributed by atoms with Gasteiger partial charge in [0.1, 0.15) is 0 Å². The lowest BCUT2D eigenvalue weighted by atomic mass is 9.98. The molecular formula is C37H30O5. The van der Waals surface area contributed by atoms with E-state index in [1.54, 1.807) is 0 Å². The van der Waals surface area contributed by atoms with Gasteiger partial charge in [0, 0.05) is 30.0 Å². The van der Waals surface area contributed by atoms with Crippen molar-refractivity contribution in [2.75, 3.05) is 6.79 Å². The first-order chi connectivity index (χ1) is 20.4. The molecule has 0 aliphatic rings. The fourth-order valence-electron chi connectivity index (χ4n) is 4.12. The molecule has 0 amide bonds. The maximum absolute atomic E-state index is 11.8. The highest BCUT2D eigenvalue weighted by Crippen LogP contribution is 2.25. The Bertz CT molecular complexity index is 1620. The second kappa shape index (κ2) is 14.8. The lowest BCUT2D eigenvalue weighted by Gasteiger charge is -2.07. The van der Waals surface area contributed by atoms with Crippen molar-refractivity contribution in [2.24, 2.45) is 0 Å². The summed E-state index contributed by atoms with van der Waals surface area (Å²) in [4.78, 5) is 34.3. The first kappa shape index (κ1) is 29.5. The van der Waals surface area contributed by atoms with Gasteiger partial charge in [0.2, 0.25) is 6.79 Å². The molecule has 5 nitrogen and oxygen atoms in total. The Hall–Kier alpha value is -5.47. The van der Waals surface area contributed by atoms with Crippen LogP contribution in [0.2, 0.25) is 0 Å². The zero-order valence-electron chi connectivity index (χ0n) is 23.2. The molecule has 5 heteroatoms. The van der Waals surface area contributed by atoms with E-state index in [4.69, 9.17) is 4.74 Å². The minimum absolute atomic E-state index is 0.000266. The van der Waals surface area contributed by atoms with Crippen LogP contribution in [0.3, 0.4) is 0 Å². The molecule has 0 saturated carbocycles. The van der Waals surface area contributed by atoms with Gasteiger partial charge in [-0.1, -0.05) is 97.8 Å². The molecule has 0 bridgehead atoms. The molecule has 0 aromatic heterocycles. The van der Waals surface area contributed by atoms with Crippen molar-refractivity contribution in [2.45, 2.75) is 19.3 Å². The summed E-state index contributed by atoms with van der Waals surface area (Å²) in [6, 6.07) is 32.2. The highest BCUT2D eigenvalue weighted by molar-refractivity contribution is 5.90. The van der Waals surface area contributed by atoms with E-state index in [0.717, 1.165) is 50.6 Å². The number of allylic oxidation sites excluding steroid dienone is 1. The van der Waals surface area contributed by atoms with Crippen LogP contribution in [0.5, 0.6) is 0 Å². The van der Waals surface area contributed by atoms with E-state index in [2.05, 4.69) is 66.1 Å². The molecule has 0 heterocycles. The van der Waals surface area contributed by atoms with Crippen molar-refractivity contribution < 1.29 is 23.9 Å². The van der Waals surface area contributed by atoms with Crippen molar-refractivity contribution >= 4 is 17.7 Å². The summed E-state index contributed by atoms with van der Waals surface area (Å²) < 4.78 is 9.53. The molecule has 0 fully saturated rings. The summed E-state index contributed by atoms with van der Waals surface area (Å²) >= 11 is 0. The molecule has 0 unspecified atom stereocenters. The lowest BCUT2D eigenvalue weighted by molar-refractivity contribution is -0.163. The molecule has 0 radical (unpaired) electrons. The van der Waals surface area contributed by atoms with Crippen molar-refractivity contribution in [3.8, 4) is 34.1 Å². The van der Waals surface area contributed by atoms with E-state index in [1.165, 1.54) is 6.08 Å². The molecule has 0 atom stereocenters. The topological polar surface area (TPSA) is 69.7 Å². The number of ether oxygens (including phenoxy) is 2. The van der Waals surface area contributed by atoms with E-state index in [9.17, 15) is 14.4 Å². The van der Waals surface area contributed by atoms with E-state index in [1.807, 2.05) is 60.7 Å². The van der Waals surface area contributed by atoms with Crippen LogP contribution in [0.4, 0.5) is 0 Å². The standard InChI is InChI=1S/C37H30O5/c1-3-35(38)25-30-9-7-27(8-10-30)5-6-28-11-16-31(17-12-28)33-20-22-34(23-21-33)32-18-13-29(14-19-32)15-24-37(40)42-26-41-36(39)4-2/h3-4,7-14,16-23H,1-2,15,24-26H2. The minimum atomic E-state index is -0.634. The Morgan fingerprint density at radius 1 is 0.595 bits per heavy atom. The average Bonchev–Trinajstić information content (AvgIpc) is 3.04. The number of carbonyl (C=O) groups is 3. The third-order valence-corrected chi connectivity index (χ3v) is 6.51. The second-order valence-electron chi connectivity index (χ2n) is 9.45. The van der Waals surface area contributed by atoms with Crippen LogP contribution in [0.15, 0.2) is 122 Å². The molecule has 0 spiro atoms. The number of ketones is 1. The van der Waals surface area contributed by atoms with Gasteiger partial charge in [-0.2, -0.15) is 0 Å². The van der Waals surface area contributed by atoms with E-state index < -0.39 is 18.7 Å². The van der Waals surface area contributed by atoms with E-state index in [0.29, 0.717) is 12.8 Å². The predicted molar refractivity (Wildman–Crippen MR) is 164 cm³/mol. The van der Waals surface area contributed by atoms with Gasteiger partial charge in [0.05, 0.1) is 0 Å². The molecule has 0 aliphatic heterocycles. The van der Waals surface area contributed by atoms with Crippen LogP contribution in [0.25, 0.3) is 22.3 Å². The number of aryl methyl sites for hydroxylation is 1. The number of carbonyl (C=O) groups excluding carboxylic acids is 3. The Morgan fingerprint density at radius 2 is 1.05 bits per heavy atom. The summed E-state index contributed by atoms with van der Waals surface area (Å²) in [5.41, 5.74) is 8.15. The molecule has 4 aromatic rings. The smallest absolute Gasteiger partial charge is 0.333 e. The zero-order valence-corrected chi connectivity index (χ0v) is 23.2. The normalized spacial score (nSPS) is 10.1. The van der Waals surface area contributed by atoms with Gasteiger partial charge in [-0.3, -0.25) is 9.59 Å². The molecule has 42 heavy (non-hydrogen) atoms. The van der Waals surface area contributed by atoms with Gasteiger partial charge in [0.15, 0.2) is 5.78 Å². The average molecular weight is 555 g/mol. The summed E-state index contributed by atoms with van der Waals surface area (Å²) in [5.74, 6) is 5.30. The SMILES string of the molecule is C=CC(=O)Cc1ccc(C#Cc2ccc(-c3ccc(-c4ccc(CCC(=O)OCOC(=O)C=C)cc4)cc3)cc2)cc1. The fraction of sp³-hybridized carbons (Fsp3) is 0.108. The van der Waals surface area contributed by atoms with Crippen LogP contribution < -0.4 is 0 Å². The fourth-order valence-corrected chi connectivity index (χ4v) is 4.12. The van der Waals surface area contributed by atoms with Gasteiger partial charge in [-0.05, 0) is 70.1 Å². The molecular weight excluding hydrogens is 524 g/mol. The van der Waals surface area contributed by atoms with Crippen LogP contribution in [0.1, 0.15) is 28.7 Å². The maximum atomic E-state index is 11.8. The highest BCUT2D eigenvalue weighted by Gasteiger charge is 2.06. The number of rotatable bonds is 11. The Labute approximate surface area is 246 Å². The Morgan fingerprint density at radius 3 is 1.55 bits per heavy atom. The first-order valence-electron chi connectivity index (χ1n) is 13.4. The minimum Gasteiger partial charge on any atom is -0.428 e. The van der Waals surface area contributed by atoms with Crippen LogP contribution in [-0.4, -0.2) is 24.5 Å². The van der Waals surface area contributed by atoms with Crippen LogP contribution in [-0.2, 0) is 36.7 Å². The van der Waals surface area contributed by atoms with Gasteiger partial charge in [-0.15, -0.1) is 0 Å².